The van der Waals surface area contributed by atoms with Gasteiger partial charge in [-0.25, -0.2) is 0 Å². The Balaban J connectivity index is 2.12. The van der Waals surface area contributed by atoms with Crippen LogP contribution in [-0.4, -0.2) is 87.5 Å². The third kappa shape index (κ3) is 50.7. The van der Waals surface area contributed by atoms with Crippen LogP contribution in [0.5, 0.6) is 0 Å². The molecule has 6 N–H and O–H groups in total. The van der Waals surface area contributed by atoms with E-state index in [1.54, 1.807) is 6.08 Å². The Morgan fingerprint density at radius 3 is 1.16 bits per heavy atom. The number of rotatable bonds is 59. The molecule has 9 heteroatoms. The fraction of sp³-hybridized carbons (Fsp3) is 0.743. The van der Waals surface area contributed by atoms with Gasteiger partial charge in [-0.2, -0.15) is 0 Å². The van der Waals surface area contributed by atoms with Crippen molar-refractivity contribution in [1.29, 1.82) is 0 Å². The van der Waals surface area contributed by atoms with Gasteiger partial charge in [0.1, 0.15) is 24.4 Å². The zero-order valence-corrected chi connectivity index (χ0v) is 53.4. The summed E-state index contributed by atoms with van der Waals surface area (Å²) in [5.74, 6) is -0.190. The first-order valence-corrected chi connectivity index (χ1v) is 34.6. The zero-order valence-electron chi connectivity index (χ0n) is 53.4. The van der Waals surface area contributed by atoms with Crippen LogP contribution in [0, 0.1) is 0 Å². The molecule has 0 spiro atoms. The molecule has 0 bridgehead atoms. The summed E-state index contributed by atoms with van der Waals surface area (Å²) in [6, 6.07) is -0.833. The predicted octanol–water partition coefficient (Wildman–Crippen LogP) is 18.9. The van der Waals surface area contributed by atoms with Gasteiger partial charge < -0.3 is 40.3 Å². The van der Waals surface area contributed by atoms with Gasteiger partial charge in [0.2, 0.25) is 5.91 Å². The monoisotopic (exact) mass is 1160 g/mol. The molecule has 1 saturated heterocycles. The molecule has 0 aromatic carbocycles. The summed E-state index contributed by atoms with van der Waals surface area (Å²) in [4.78, 5) is 13.1. The lowest BCUT2D eigenvalue weighted by Gasteiger charge is -2.40. The molecule has 1 amide bonds. The molecule has 0 aromatic rings. The largest absolute Gasteiger partial charge is 0.394 e. The standard InChI is InChI=1S/C74H129NO8/c1-3-5-7-9-11-13-15-17-19-21-23-25-26-27-28-29-30-31-32-33-34-35-36-37-38-39-40-41-42-44-46-48-50-52-54-56-58-60-62-64-70(78)75-67(66-82-74-73(81)72(80)71(79)69(65-76)83-74)68(77)63-61-59-57-55-53-51-49-47-45-43-24-22-20-18-16-14-12-10-8-6-4-2/h5,7,11,13,17,19,23,25,27-28,30-31,45,47,53,55,61,63,67-69,71-74,76-77,79-81H,3-4,6,8-10,12,14-16,18,20-22,24,26,29,32-44,46,48-52,54,56-60,62,64-66H2,1-2H3,(H,75,78)/b7-5-,13-11-,19-17-,25-23-,28-27-,31-30-,47-45+,55-53+,63-61+. The van der Waals surface area contributed by atoms with Crippen molar-refractivity contribution in [2.24, 2.45) is 0 Å². The van der Waals surface area contributed by atoms with E-state index in [2.05, 4.69) is 116 Å². The predicted molar refractivity (Wildman–Crippen MR) is 354 cm³/mol. The van der Waals surface area contributed by atoms with E-state index in [0.717, 1.165) is 83.5 Å². The molecule has 1 heterocycles. The highest BCUT2D eigenvalue weighted by Crippen LogP contribution is 2.23. The lowest BCUT2D eigenvalue weighted by molar-refractivity contribution is -0.302. The summed E-state index contributed by atoms with van der Waals surface area (Å²) in [6.45, 7) is 3.66. The van der Waals surface area contributed by atoms with Gasteiger partial charge in [-0.3, -0.25) is 4.79 Å². The van der Waals surface area contributed by atoms with Crippen LogP contribution in [0.3, 0.4) is 0 Å². The fourth-order valence-electron chi connectivity index (χ4n) is 10.4. The molecule has 1 aliphatic heterocycles. The van der Waals surface area contributed by atoms with Crippen LogP contribution in [0.25, 0.3) is 0 Å². The summed E-state index contributed by atoms with van der Waals surface area (Å²) in [6.07, 6.45) is 84.8. The number of amides is 1. The van der Waals surface area contributed by atoms with Gasteiger partial charge in [-0.05, 0) is 96.3 Å². The van der Waals surface area contributed by atoms with Crippen LogP contribution in [0.2, 0.25) is 0 Å². The van der Waals surface area contributed by atoms with Crippen LogP contribution >= 0.6 is 0 Å². The number of unbranched alkanes of at least 4 members (excludes halogenated alkanes) is 33. The van der Waals surface area contributed by atoms with Gasteiger partial charge in [0.15, 0.2) is 6.29 Å². The molecule has 0 aromatic heterocycles. The number of hydrogen-bond acceptors (Lipinski definition) is 8. The maximum absolute atomic E-state index is 13.1. The Morgan fingerprint density at radius 1 is 0.422 bits per heavy atom. The zero-order chi connectivity index (χ0) is 60.0. The van der Waals surface area contributed by atoms with Crippen molar-refractivity contribution in [2.45, 2.75) is 339 Å². The lowest BCUT2D eigenvalue weighted by Crippen LogP contribution is -2.60. The van der Waals surface area contributed by atoms with Gasteiger partial charge in [0, 0.05) is 6.42 Å². The Kier molecular flexibility index (Phi) is 58.1. The Morgan fingerprint density at radius 2 is 0.759 bits per heavy atom. The topological polar surface area (TPSA) is 149 Å². The molecule has 0 saturated carbocycles. The maximum Gasteiger partial charge on any atom is 0.220 e. The third-order valence-electron chi connectivity index (χ3n) is 15.8. The van der Waals surface area contributed by atoms with Gasteiger partial charge in [0.25, 0.3) is 0 Å². The normalized spacial score (nSPS) is 19.0. The van der Waals surface area contributed by atoms with E-state index < -0.39 is 49.5 Å². The van der Waals surface area contributed by atoms with Crippen LogP contribution in [0.15, 0.2) is 109 Å². The van der Waals surface area contributed by atoms with Gasteiger partial charge in [-0.1, -0.05) is 303 Å². The quantitative estimate of drug-likeness (QED) is 0.0261. The highest BCUT2D eigenvalue weighted by molar-refractivity contribution is 5.76. The Labute approximate surface area is 510 Å². The fourth-order valence-corrected chi connectivity index (χ4v) is 10.4. The highest BCUT2D eigenvalue weighted by atomic mass is 16.7. The molecular formula is C74H129NO8. The minimum absolute atomic E-state index is 0.190. The number of aliphatic hydroxyl groups excluding tert-OH is 5. The third-order valence-corrected chi connectivity index (χ3v) is 15.8. The van der Waals surface area contributed by atoms with Crippen molar-refractivity contribution < 1.29 is 39.8 Å². The number of carbonyl (C=O) groups is 1. The SMILES string of the molecule is CC/C=C\C/C=C\C/C=C\C/C=C\C/C=C\C/C=C\CCCCCCCCCCCCCCCCCCCCCCC(=O)NC(COC1OC(CO)C(O)C(O)C1O)C(O)/C=C/CC/C=C/CC/C=C/CCCCCCCCCCCCC. The van der Waals surface area contributed by atoms with E-state index >= 15 is 0 Å². The molecule has 0 aliphatic carbocycles. The lowest BCUT2D eigenvalue weighted by atomic mass is 9.99. The van der Waals surface area contributed by atoms with E-state index in [0.29, 0.717) is 6.42 Å². The highest BCUT2D eigenvalue weighted by Gasteiger charge is 2.44. The molecule has 1 fully saturated rings. The minimum atomic E-state index is -1.58. The summed E-state index contributed by atoms with van der Waals surface area (Å²) >= 11 is 0. The first-order chi connectivity index (χ1) is 40.8. The van der Waals surface area contributed by atoms with E-state index in [-0.39, 0.29) is 12.5 Å². The smallest absolute Gasteiger partial charge is 0.220 e. The van der Waals surface area contributed by atoms with Gasteiger partial charge >= 0.3 is 0 Å². The van der Waals surface area contributed by atoms with E-state index in [4.69, 9.17) is 9.47 Å². The summed E-state index contributed by atoms with van der Waals surface area (Å²) < 4.78 is 11.3. The number of allylic oxidation sites excluding steroid dienone is 17. The average molecular weight is 1160 g/mol. The Hall–Kier alpha value is -3.15. The van der Waals surface area contributed by atoms with Gasteiger partial charge in [-0.15, -0.1) is 0 Å². The van der Waals surface area contributed by atoms with Crippen LogP contribution in [-0.2, 0) is 14.3 Å². The molecule has 478 valence electrons. The number of hydrogen-bond donors (Lipinski definition) is 6. The molecule has 1 aliphatic rings. The molecule has 9 nitrogen and oxygen atoms in total. The van der Waals surface area contributed by atoms with Crippen molar-refractivity contribution in [2.75, 3.05) is 13.2 Å². The number of carbonyl (C=O) groups excluding carboxylic acids is 1. The first-order valence-electron chi connectivity index (χ1n) is 34.6. The van der Waals surface area contributed by atoms with Crippen LogP contribution in [0.4, 0.5) is 0 Å². The van der Waals surface area contributed by atoms with Crippen molar-refractivity contribution in [3.05, 3.63) is 109 Å². The summed E-state index contributed by atoms with van der Waals surface area (Å²) in [7, 11) is 0. The second-order valence-corrected chi connectivity index (χ2v) is 23.6. The Bertz CT molecular complexity index is 1680. The first kappa shape index (κ1) is 77.9. The van der Waals surface area contributed by atoms with E-state index in [1.165, 1.54) is 193 Å². The summed E-state index contributed by atoms with van der Waals surface area (Å²) in [5, 5.41) is 54.7. The maximum atomic E-state index is 13.1. The number of aliphatic hydroxyl groups is 5. The van der Waals surface area contributed by atoms with Crippen molar-refractivity contribution >= 4 is 5.91 Å². The average Bonchev–Trinajstić information content (AvgIpc) is 3.60. The summed E-state index contributed by atoms with van der Waals surface area (Å²) in [5.41, 5.74) is 0. The van der Waals surface area contributed by atoms with Crippen molar-refractivity contribution in [3.8, 4) is 0 Å². The second kappa shape index (κ2) is 61.9. The van der Waals surface area contributed by atoms with E-state index in [9.17, 15) is 30.3 Å². The van der Waals surface area contributed by atoms with Crippen molar-refractivity contribution in [1.82, 2.24) is 5.32 Å². The molecule has 1 rings (SSSR count). The number of nitrogens with one attached hydrogen (secondary N) is 1. The van der Waals surface area contributed by atoms with Crippen LogP contribution in [0.1, 0.15) is 296 Å². The van der Waals surface area contributed by atoms with Crippen LogP contribution < -0.4 is 5.32 Å². The molecular weight excluding hydrogens is 1030 g/mol. The van der Waals surface area contributed by atoms with Crippen molar-refractivity contribution in [3.63, 3.8) is 0 Å². The molecule has 83 heavy (non-hydrogen) atoms. The number of ether oxygens (including phenoxy) is 2. The van der Waals surface area contributed by atoms with E-state index in [1.807, 2.05) is 6.08 Å². The molecule has 7 unspecified atom stereocenters. The van der Waals surface area contributed by atoms with Gasteiger partial charge in [0.05, 0.1) is 25.4 Å². The molecule has 0 radical (unpaired) electrons. The minimum Gasteiger partial charge on any atom is -0.394 e. The molecule has 7 atom stereocenters. The second-order valence-electron chi connectivity index (χ2n) is 23.6.